The molecular weight excluding hydrogens is 506 g/mol. The number of hydrogen-bond acceptors (Lipinski definition) is 4. The van der Waals surface area contributed by atoms with Crippen LogP contribution in [0.1, 0.15) is 53.0 Å². The maximum absolute atomic E-state index is 13.8. The molecule has 0 spiro atoms. The highest BCUT2D eigenvalue weighted by Crippen LogP contribution is 2.44. The van der Waals surface area contributed by atoms with E-state index in [0.717, 1.165) is 17.0 Å². The molecule has 190 valence electrons. The van der Waals surface area contributed by atoms with Crippen LogP contribution < -0.4 is 14.4 Å². The molecule has 2 aliphatic rings. The standard InChI is InChI=1S/C24H17B3F5N3O3/c1-12-4-2-7-16-19(12)35(33-20(16)22(28,29)30)15-6-3-5-13(10-15)21(36)34(23(25,26)27)14-8-9-17-18(11-14)38-24(31,32)37-17/h3,5-6,8-12H,2,4,7H2,1H3. The third-order valence-corrected chi connectivity index (χ3v) is 6.39. The first kappa shape index (κ1) is 26.2. The van der Waals surface area contributed by atoms with Gasteiger partial charge >= 0.3 is 12.5 Å². The van der Waals surface area contributed by atoms with Crippen molar-refractivity contribution in [2.24, 2.45) is 0 Å². The molecule has 2 heterocycles. The molecule has 0 saturated heterocycles. The summed E-state index contributed by atoms with van der Waals surface area (Å²) in [6.07, 6.45) is -7.03. The van der Waals surface area contributed by atoms with Crippen molar-refractivity contribution in [2.45, 2.75) is 49.8 Å². The lowest BCUT2D eigenvalue weighted by Gasteiger charge is -2.37. The second kappa shape index (κ2) is 8.81. The summed E-state index contributed by atoms with van der Waals surface area (Å²) in [6.45, 7) is 1.82. The summed E-state index contributed by atoms with van der Waals surface area (Å²) < 4.78 is 78.2. The van der Waals surface area contributed by atoms with E-state index in [1.165, 1.54) is 35.0 Å². The minimum absolute atomic E-state index is 0.0440. The van der Waals surface area contributed by atoms with Crippen LogP contribution in [0.3, 0.4) is 0 Å². The number of rotatable bonds is 4. The van der Waals surface area contributed by atoms with Gasteiger partial charge in [-0.25, -0.2) is 4.68 Å². The van der Waals surface area contributed by atoms with E-state index in [4.69, 9.17) is 23.5 Å². The molecule has 0 bridgehead atoms. The minimum Gasteiger partial charge on any atom is -0.395 e. The van der Waals surface area contributed by atoms with E-state index in [2.05, 4.69) is 14.6 Å². The van der Waals surface area contributed by atoms with Crippen LogP contribution in [0.2, 0.25) is 0 Å². The number of aromatic nitrogens is 2. The Bertz CT molecular complexity index is 1420. The molecule has 0 saturated carbocycles. The molecule has 6 radical (unpaired) electrons. The van der Waals surface area contributed by atoms with Gasteiger partial charge in [0.05, 0.1) is 34.9 Å². The van der Waals surface area contributed by atoms with Crippen molar-refractivity contribution in [1.29, 1.82) is 0 Å². The second-order valence-corrected chi connectivity index (χ2v) is 9.29. The number of hydrogen-bond donors (Lipinski definition) is 0. The van der Waals surface area contributed by atoms with Crippen molar-refractivity contribution in [2.75, 3.05) is 4.90 Å². The monoisotopic (exact) mass is 523 g/mol. The van der Waals surface area contributed by atoms with E-state index >= 15 is 0 Å². The number of nitrogens with zero attached hydrogens (tertiary/aromatic N) is 3. The molecule has 5 rings (SSSR count). The highest BCUT2D eigenvalue weighted by Gasteiger charge is 2.44. The third-order valence-electron chi connectivity index (χ3n) is 6.39. The number of carbonyl (C=O) groups excluding carboxylic acids is 1. The van der Waals surface area contributed by atoms with Crippen LogP contribution >= 0.6 is 0 Å². The molecule has 14 heteroatoms. The molecule has 38 heavy (non-hydrogen) atoms. The van der Waals surface area contributed by atoms with Gasteiger partial charge in [0.2, 0.25) is 0 Å². The summed E-state index contributed by atoms with van der Waals surface area (Å²) >= 11 is 0. The lowest BCUT2D eigenvalue weighted by atomic mass is 9.48. The largest absolute Gasteiger partial charge is 0.586 e. The lowest BCUT2D eigenvalue weighted by molar-refractivity contribution is -0.286. The number of fused-ring (bicyclic) bond motifs is 2. The molecule has 1 amide bonds. The van der Waals surface area contributed by atoms with Gasteiger partial charge in [0, 0.05) is 22.9 Å². The smallest absolute Gasteiger partial charge is 0.395 e. The van der Waals surface area contributed by atoms with E-state index in [1.807, 2.05) is 6.92 Å². The molecule has 1 aromatic heterocycles. The van der Waals surface area contributed by atoms with Crippen LogP contribution in [0.15, 0.2) is 42.5 Å². The minimum atomic E-state index is -4.65. The van der Waals surface area contributed by atoms with Crippen molar-refractivity contribution in [3.63, 3.8) is 0 Å². The normalized spacial score (nSPS) is 18.2. The molecule has 0 fully saturated rings. The zero-order chi connectivity index (χ0) is 27.6. The molecule has 2 aromatic carbocycles. The first-order valence-corrected chi connectivity index (χ1v) is 11.6. The molecule has 1 aliphatic carbocycles. The fourth-order valence-electron chi connectivity index (χ4n) is 4.86. The van der Waals surface area contributed by atoms with E-state index < -0.39 is 29.3 Å². The van der Waals surface area contributed by atoms with E-state index in [1.54, 1.807) is 0 Å². The predicted molar refractivity (Wildman–Crippen MR) is 129 cm³/mol. The van der Waals surface area contributed by atoms with Crippen LogP contribution in [0.4, 0.5) is 27.6 Å². The van der Waals surface area contributed by atoms with Crippen molar-refractivity contribution < 1.29 is 36.2 Å². The summed E-state index contributed by atoms with van der Waals surface area (Å²) in [5.41, 5.74) is -0.322. The first-order valence-electron chi connectivity index (χ1n) is 11.6. The van der Waals surface area contributed by atoms with Gasteiger partial charge in [-0.3, -0.25) is 4.79 Å². The fourth-order valence-corrected chi connectivity index (χ4v) is 4.86. The van der Waals surface area contributed by atoms with Crippen molar-refractivity contribution in [3.05, 3.63) is 65.0 Å². The van der Waals surface area contributed by atoms with Crippen LogP contribution in [-0.2, 0) is 12.6 Å². The maximum atomic E-state index is 13.8. The number of amides is 1. The van der Waals surface area contributed by atoms with Crippen molar-refractivity contribution >= 4 is 35.1 Å². The second-order valence-electron chi connectivity index (χ2n) is 9.29. The number of anilines is 1. The Morgan fingerprint density at radius 2 is 1.82 bits per heavy atom. The van der Waals surface area contributed by atoms with Gasteiger partial charge in [0.1, 0.15) is 0 Å². The molecule has 0 N–H and O–H groups in total. The Morgan fingerprint density at radius 1 is 1.11 bits per heavy atom. The number of ether oxygens (including phenoxy) is 2. The summed E-state index contributed by atoms with van der Waals surface area (Å²) in [6, 6.07) is 9.10. The Kier molecular flexibility index (Phi) is 6.07. The Hall–Kier alpha value is -3.44. The average Bonchev–Trinajstić information content (AvgIpc) is 3.35. The van der Waals surface area contributed by atoms with E-state index in [0.29, 0.717) is 18.5 Å². The number of alkyl halides is 5. The SMILES string of the molecule is [B]C([B])([B])N(C(=O)c1cccc(-n2nc(C(F)(F)F)c3c2C(C)CCC3)c1)c1ccc2c(c1)OC(F)(F)O2. The van der Waals surface area contributed by atoms with Gasteiger partial charge < -0.3 is 14.4 Å². The van der Waals surface area contributed by atoms with Gasteiger partial charge in [-0.2, -0.15) is 18.3 Å². The first-order chi connectivity index (χ1) is 17.7. The van der Waals surface area contributed by atoms with E-state index in [9.17, 15) is 26.7 Å². The lowest BCUT2D eigenvalue weighted by Crippen LogP contribution is -2.54. The Morgan fingerprint density at radius 3 is 2.50 bits per heavy atom. The molecule has 1 atom stereocenters. The zero-order valence-corrected chi connectivity index (χ0v) is 19.9. The number of halogens is 5. The third kappa shape index (κ3) is 4.65. The molecular formula is C24H17B3F5N3O3. The van der Waals surface area contributed by atoms with Crippen LogP contribution in [0.25, 0.3) is 5.69 Å². The topological polar surface area (TPSA) is 56.6 Å². The zero-order valence-electron chi connectivity index (χ0n) is 19.9. The van der Waals surface area contributed by atoms with Crippen molar-refractivity contribution in [3.8, 4) is 17.2 Å². The van der Waals surface area contributed by atoms with Gasteiger partial charge in [-0.05, 0) is 55.5 Å². The fraction of sp³-hybridized carbons (Fsp3) is 0.333. The highest BCUT2D eigenvalue weighted by molar-refractivity contribution is 6.62. The van der Waals surface area contributed by atoms with Crippen LogP contribution in [0.5, 0.6) is 11.5 Å². The van der Waals surface area contributed by atoms with Gasteiger partial charge in [-0.1, -0.05) is 18.2 Å². The average molecular weight is 523 g/mol. The Balaban J connectivity index is 1.56. The summed E-state index contributed by atoms with van der Waals surface area (Å²) in [5.74, 6) is -1.70. The number of carbonyl (C=O) groups is 1. The summed E-state index contributed by atoms with van der Waals surface area (Å²) in [7, 11) is 17.6. The molecule has 6 nitrogen and oxygen atoms in total. The highest BCUT2D eigenvalue weighted by atomic mass is 19.4. The van der Waals surface area contributed by atoms with Gasteiger partial charge in [-0.15, -0.1) is 8.78 Å². The predicted octanol–water partition coefficient (Wildman–Crippen LogP) is 4.42. The summed E-state index contributed by atoms with van der Waals surface area (Å²) in [5, 5.41) is 1.58. The van der Waals surface area contributed by atoms with Gasteiger partial charge in [0.25, 0.3) is 5.91 Å². The van der Waals surface area contributed by atoms with Crippen LogP contribution in [-0.4, -0.2) is 50.8 Å². The maximum Gasteiger partial charge on any atom is 0.586 e. The summed E-state index contributed by atoms with van der Waals surface area (Å²) in [4.78, 5) is 14.3. The number of benzene rings is 2. The van der Waals surface area contributed by atoms with Gasteiger partial charge in [0.15, 0.2) is 17.2 Å². The quantitative estimate of drug-likeness (QED) is 0.376. The Labute approximate surface area is 218 Å². The van der Waals surface area contributed by atoms with Crippen molar-refractivity contribution in [1.82, 2.24) is 9.78 Å². The molecule has 1 unspecified atom stereocenters. The van der Waals surface area contributed by atoms with E-state index in [-0.39, 0.29) is 46.3 Å². The molecule has 1 aliphatic heterocycles. The van der Waals surface area contributed by atoms with Crippen LogP contribution in [0, 0.1) is 0 Å². The molecule has 3 aromatic rings.